The molecular formula is C14H13NO3. The minimum atomic E-state index is 0.525. The molecular weight excluding hydrogens is 230 g/mol. The summed E-state index contributed by atoms with van der Waals surface area (Å²) in [7, 11) is 0. The molecule has 1 aromatic carbocycles. The van der Waals surface area contributed by atoms with Crippen molar-refractivity contribution in [2.45, 2.75) is 20.8 Å². The highest BCUT2D eigenvalue weighted by molar-refractivity contribution is 6.00. The summed E-state index contributed by atoms with van der Waals surface area (Å²) >= 11 is 0. The molecule has 0 amide bonds. The minimum absolute atomic E-state index is 0.525. The molecule has 0 aliphatic heterocycles. The van der Waals surface area contributed by atoms with E-state index in [4.69, 9.17) is 14.0 Å². The standard InChI is InChI=1S/C14H13NO3/c1-7-6-11(15-16)12-8(2)10-4-5-17-13(10)9(3)14(12)18-7/h4-6,16H,1-3H3. The van der Waals surface area contributed by atoms with E-state index in [1.165, 1.54) is 0 Å². The molecule has 92 valence electrons. The number of hydrogen-bond donors (Lipinski definition) is 1. The molecule has 0 aliphatic rings. The van der Waals surface area contributed by atoms with Crippen LogP contribution in [-0.4, -0.2) is 5.21 Å². The van der Waals surface area contributed by atoms with Gasteiger partial charge >= 0.3 is 0 Å². The van der Waals surface area contributed by atoms with Crippen LogP contribution in [-0.2, 0) is 0 Å². The second-order valence-corrected chi connectivity index (χ2v) is 4.46. The molecule has 3 rings (SSSR count). The zero-order valence-corrected chi connectivity index (χ0v) is 10.4. The molecule has 1 N–H and O–H groups in total. The van der Waals surface area contributed by atoms with Crippen molar-refractivity contribution in [1.29, 1.82) is 0 Å². The molecule has 0 atom stereocenters. The number of benzene rings is 1. The Bertz CT molecular complexity index is 824. The van der Waals surface area contributed by atoms with Gasteiger partial charge < -0.3 is 14.0 Å². The van der Waals surface area contributed by atoms with Crippen LogP contribution in [0.5, 0.6) is 0 Å². The first kappa shape index (κ1) is 10.9. The number of fused-ring (bicyclic) bond motifs is 2. The van der Waals surface area contributed by atoms with Crippen LogP contribution in [0.3, 0.4) is 0 Å². The lowest BCUT2D eigenvalue weighted by Gasteiger charge is -2.07. The summed E-state index contributed by atoms with van der Waals surface area (Å²) in [6.07, 6.45) is 1.66. The van der Waals surface area contributed by atoms with Crippen LogP contribution in [0.1, 0.15) is 16.9 Å². The second-order valence-electron chi connectivity index (χ2n) is 4.46. The van der Waals surface area contributed by atoms with Crippen molar-refractivity contribution in [1.82, 2.24) is 0 Å². The zero-order chi connectivity index (χ0) is 12.9. The smallest absolute Gasteiger partial charge is 0.143 e. The van der Waals surface area contributed by atoms with E-state index >= 15 is 0 Å². The Morgan fingerprint density at radius 3 is 2.61 bits per heavy atom. The first-order valence-corrected chi connectivity index (χ1v) is 5.72. The van der Waals surface area contributed by atoms with Gasteiger partial charge in [0.25, 0.3) is 0 Å². The van der Waals surface area contributed by atoms with Crippen LogP contribution in [0.2, 0.25) is 0 Å². The van der Waals surface area contributed by atoms with Crippen molar-refractivity contribution < 1.29 is 14.0 Å². The molecule has 0 saturated carbocycles. The van der Waals surface area contributed by atoms with Crippen LogP contribution in [0.4, 0.5) is 0 Å². The molecule has 18 heavy (non-hydrogen) atoms. The van der Waals surface area contributed by atoms with E-state index < -0.39 is 0 Å². The summed E-state index contributed by atoms with van der Waals surface area (Å²) in [5, 5.41) is 14.9. The van der Waals surface area contributed by atoms with Gasteiger partial charge in [0.05, 0.1) is 11.6 Å². The van der Waals surface area contributed by atoms with Gasteiger partial charge in [0, 0.05) is 17.0 Å². The Morgan fingerprint density at radius 2 is 1.89 bits per heavy atom. The summed E-state index contributed by atoms with van der Waals surface area (Å²) in [5.74, 6) is 0.698. The minimum Gasteiger partial charge on any atom is -0.464 e. The first-order valence-electron chi connectivity index (χ1n) is 5.72. The van der Waals surface area contributed by atoms with E-state index in [0.717, 1.165) is 27.5 Å². The SMILES string of the molecule is Cc1cc(=NO)c2c(C)c3ccoc3c(C)c2o1. The second kappa shape index (κ2) is 3.63. The maximum absolute atomic E-state index is 9.16. The van der Waals surface area contributed by atoms with Crippen molar-refractivity contribution in [2.24, 2.45) is 5.16 Å². The zero-order valence-electron chi connectivity index (χ0n) is 10.4. The highest BCUT2D eigenvalue weighted by Crippen LogP contribution is 2.31. The third kappa shape index (κ3) is 1.29. The number of rotatable bonds is 0. The molecule has 2 heterocycles. The van der Waals surface area contributed by atoms with E-state index in [0.29, 0.717) is 16.7 Å². The topological polar surface area (TPSA) is 58.9 Å². The lowest BCUT2D eigenvalue weighted by atomic mass is 10.0. The summed E-state index contributed by atoms with van der Waals surface area (Å²) < 4.78 is 11.3. The van der Waals surface area contributed by atoms with Crippen molar-refractivity contribution >= 4 is 21.9 Å². The normalized spacial score (nSPS) is 12.7. The van der Waals surface area contributed by atoms with Gasteiger partial charge in [-0.2, -0.15) is 0 Å². The van der Waals surface area contributed by atoms with Gasteiger partial charge in [-0.15, -0.1) is 0 Å². The summed E-state index contributed by atoms with van der Waals surface area (Å²) in [6.45, 7) is 5.74. The Hall–Kier alpha value is -2.23. The number of furan rings is 1. The Morgan fingerprint density at radius 1 is 1.11 bits per heavy atom. The van der Waals surface area contributed by atoms with Gasteiger partial charge in [0.1, 0.15) is 22.3 Å². The molecule has 4 heteroatoms. The Kier molecular flexibility index (Phi) is 2.20. The van der Waals surface area contributed by atoms with Crippen LogP contribution in [0.15, 0.2) is 32.4 Å². The molecule has 3 aromatic rings. The fourth-order valence-corrected chi connectivity index (χ4v) is 2.46. The average molecular weight is 243 g/mol. The van der Waals surface area contributed by atoms with E-state index in [1.54, 1.807) is 12.3 Å². The maximum atomic E-state index is 9.16. The molecule has 4 nitrogen and oxygen atoms in total. The van der Waals surface area contributed by atoms with Gasteiger partial charge in [-0.05, 0) is 32.4 Å². The van der Waals surface area contributed by atoms with Gasteiger partial charge in [-0.3, -0.25) is 0 Å². The summed E-state index contributed by atoms with van der Waals surface area (Å²) in [5.41, 5.74) is 3.45. The fraction of sp³-hybridized carbons (Fsp3) is 0.214. The highest BCUT2D eigenvalue weighted by atomic mass is 16.4. The molecule has 0 saturated heterocycles. The molecule has 0 bridgehead atoms. The Balaban J connectivity index is 2.73. The Labute approximate surface area is 103 Å². The van der Waals surface area contributed by atoms with Crippen molar-refractivity contribution in [3.8, 4) is 0 Å². The number of aryl methyl sites for hydroxylation is 3. The predicted molar refractivity (Wildman–Crippen MR) is 67.5 cm³/mol. The quantitative estimate of drug-likeness (QED) is 0.486. The van der Waals surface area contributed by atoms with Gasteiger partial charge in [-0.1, -0.05) is 5.16 Å². The lowest BCUT2D eigenvalue weighted by Crippen LogP contribution is -2.06. The third-order valence-corrected chi connectivity index (χ3v) is 3.32. The highest BCUT2D eigenvalue weighted by Gasteiger charge is 2.15. The van der Waals surface area contributed by atoms with Gasteiger partial charge in [0.2, 0.25) is 0 Å². The van der Waals surface area contributed by atoms with E-state index in [9.17, 15) is 0 Å². The number of nitrogens with zero attached hydrogens (tertiary/aromatic N) is 1. The van der Waals surface area contributed by atoms with Gasteiger partial charge in [-0.25, -0.2) is 0 Å². The van der Waals surface area contributed by atoms with Crippen molar-refractivity contribution in [3.05, 3.63) is 40.6 Å². The third-order valence-electron chi connectivity index (χ3n) is 3.32. The van der Waals surface area contributed by atoms with Crippen LogP contribution < -0.4 is 5.36 Å². The lowest BCUT2D eigenvalue weighted by molar-refractivity contribution is 0.302. The maximum Gasteiger partial charge on any atom is 0.143 e. The molecule has 0 radical (unpaired) electrons. The monoisotopic (exact) mass is 243 g/mol. The number of hydrogen-bond acceptors (Lipinski definition) is 4. The fourth-order valence-electron chi connectivity index (χ4n) is 2.46. The van der Waals surface area contributed by atoms with Crippen LogP contribution >= 0.6 is 0 Å². The molecule has 0 aliphatic carbocycles. The first-order chi connectivity index (χ1) is 8.63. The molecule has 0 unspecified atom stereocenters. The van der Waals surface area contributed by atoms with E-state index in [2.05, 4.69) is 5.16 Å². The summed E-state index contributed by atoms with van der Waals surface area (Å²) in [4.78, 5) is 0. The van der Waals surface area contributed by atoms with Crippen molar-refractivity contribution in [2.75, 3.05) is 0 Å². The van der Waals surface area contributed by atoms with Crippen molar-refractivity contribution in [3.63, 3.8) is 0 Å². The largest absolute Gasteiger partial charge is 0.464 e. The van der Waals surface area contributed by atoms with E-state index in [1.807, 2.05) is 26.8 Å². The molecule has 0 fully saturated rings. The average Bonchev–Trinajstić information content (AvgIpc) is 2.84. The molecule has 2 aromatic heterocycles. The van der Waals surface area contributed by atoms with Gasteiger partial charge in [0.15, 0.2) is 0 Å². The summed E-state index contributed by atoms with van der Waals surface area (Å²) in [6, 6.07) is 3.64. The van der Waals surface area contributed by atoms with Crippen LogP contribution in [0.25, 0.3) is 21.9 Å². The van der Waals surface area contributed by atoms with E-state index in [-0.39, 0.29) is 0 Å². The van der Waals surface area contributed by atoms with Crippen LogP contribution in [0, 0.1) is 20.8 Å². The molecule has 0 spiro atoms. The predicted octanol–water partition coefficient (Wildman–Crippen LogP) is 3.39.